The largest absolute Gasteiger partial charge is 0.454 e. The van der Waals surface area contributed by atoms with Gasteiger partial charge in [0.05, 0.1) is 18.8 Å². The number of carbonyl (C=O) groups is 1. The lowest BCUT2D eigenvalue weighted by molar-refractivity contribution is 0.0422. The fourth-order valence-corrected chi connectivity index (χ4v) is 2.38. The minimum Gasteiger partial charge on any atom is -0.454 e. The first kappa shape index (κ1) is 10.6. The Bertz CT molecular complexity index is 452. The fourth-order valence-electron chi connectivity index (χ4n) is 2.38. The summed E-state index contributed by atoms with van der Waals surface area (Å²) in [6, 6.07) is 5.99. The third-order valence-electron chi connectivity index (χ3n) is 3.35. The van der Waals surface area contributed by atoms with E-state index < -0.39 is 0 Å². The first-order valence-corrected chi connectivity index (χ1v) is 5.93. The van der Waals surface area contributed by atoms with Gasteiger partial charge in [0.1, 0.15) is 6.10 Å². The number of rotatable bonds is 1. The molecule has 0 N–H and O–H groups in total. The molecule has 4 nitrogen and oxygen atoms in total. The van der Waals surface area contributed by atoms with E-state index in [1.165, 1.54) is 0 Å². The van der Waals surface area contributed by atoms with Crippen LogP contribution in [0, 0.1) is 0 Å². The van der Waals surface area contributed by atoms with Crippen LogP contribution in [0.25, 0.3) is 0 Å². The van der Waals surface area contributed by atoms with Gasteiger partial charge in [0.2, 0.25) is 0 Å². The predicted molar refractivity (Wildman–Crippen MR) is 63.3 cm³/mol. The number of fused-ring (bicyclic) bond motifs is 1. The molecule has 2 heterocycles. The topological polar surface area (TPSA) is 38.8 Å². The van der Waals surface area contributed by atoms with Crippen LogP contribution >= 0.6 is 0 Å². The minimum atomic E-state index is -0.206. The van der Waals surface area contributed by atoms with Gasteiger partial charge in [-0.05, 0) is 19.1 Å². The van der Waals surface area contributed by atoms with E-state index in [2.05, 4.69) is 11.0 Å². The van der Waals surface area contributed by atoms with Crippen molar-refractivity contribution in [2.24, 2.45) is 0 Å². The molecule has 3 rings (SSSR count). The summed E-state index contributed by atoms with van der Waals surface area (Å²) in [5.74, 6) is -0.206. The molecule has 0 aliphatic carbocycles. The van der Waals surface area contributed by atoms with Crippen molar-refractivity contribution in [3.05, 3.63) is 29.3 Å². The Balaban J connectivity index is 1.93. The van der Waals surface area contributed by atoms with E-state index in [1.807, 2.05) is 19.1 Å². The van der Waals surface area contributed by atoms with Crippen LogP contribution in [0.4, 0.5) is 5.69 Å². The van der Waals surface area contributed by atoms with Crippen LogP contribution in [0.15, 0.2) is 18.2 Å². The lowest BCUT2D eigenvalue weighted by Gasteiger charge is -2.29. The zero-order valence-electron chi connectivity index (χ0n) is 9.81. The number of nitrogens with zero attached hydrogens (tertiary/aromatic N) is 1. The van der Waals surface area contributed by atoms with Gasteiger partial charge in [-0.3, -0.25) is 0 Å². The molecule has 1 aromatic rings. The first-order valence-electron chi connectivity index (χ1n) is 5.93. The molecule has 0 bridgehead atoms. The molecule has 1 aromatic carbocycles. The molecular weight excluding hydrogens is 218 g/mol. The Labute approximate surface area is 100 Å². The number of cyclic esters (lactones) is 1. The zero-order valence-corrected chi connectivity index (χ0v) is 9.81. The van der Waals surface area contributed by atoms with Crippen LogP contribution in [0.1, 0.15) is 28.9 Å². The van der Waals surface area contributed by atoms with Gasteiger partial charge in [-0.25, -0.2) is 4.79 Å². The smallest absolute Gasteiger partial charge is 0.339 e. The molecule has 1 atom stereocenters. The Hall–Kier alpha value is -1.55. The van der Waals surface area contributed by atoms with Gasteiger partial charge in [-0.2, -0.15) is 0 Å². The van der Waals surface area contributed by atoms with Gasteiger partial charge < -0.3 is 14.4 Å². The summed E-state index contributed by atoms with van der Waals surface area (Å²) in [6.45, 7) is 5.15. The van der Waals surface area contributed by atoms with Crippen LogP contribution in [-0.4, -0.2) is 32.3 Å². The van der Waals surface area contributed by atoms with Gasteiger partial charge in [0.15, 0.2) is 0 Å². The molecule has 2 aliphatic rings. The second-order valence-electron chi connectivity index (χ2n) is 4.42. The number of morpholine rings is 1. The highest BCUT2D eigenvalue weighted by molar-refractivity contribution is 5.95. The Morgan fingerprint density at radius 2 is 2.06 bits per heavy atom. The SMILES string of the molecule is CC1OC(=O)c2cc(N3CCOCC3)ccc21. The van der Waals surface area contributed by atoms with Crippen LogP contribution < -0.4 is 4.90 Å². The van der Waals surface area contributed by atoms with Crippen molar-refractivity contribution in [3.63, 3.8) is 0 Å². The van der Waals surface area contributed by atoms with E-state index in [0.29, 0.717) is 5.56 Å². The minimum absolute atomic E-state index is 0.115. The standard InChI is InChI=1S/C13H15NO3/c1-9-11-3-2-10(8-12(11)13(15)17-9)14-4-6-16-7-5-14/h2-3,8-9H,4-7H2,1H3. The van der Waals surface area contributed by atoms with Crippen molar-refractivity contribution in [2.45, 2.75) is 13.0 Å². The third kappa shape index (κ3) is 1.78. The Kier molecular flexibility index (Phi) is 2.52. The van der Waals surface area contributed by atoms with Crippen molar-refractivity contribution < 1.29 is 14.3 Å². The van der Waals surface area contributed by atoms with Gasteiger partial charge >= 0.3 is 5.97 Å². The fraction of sp³-hybridized carbons (Fsp3) is 0.462. The second kappa shape index (κ2) is 4.04. The quantitative estimate of drug-likeness (QED) is 0.693. The van der Waals surface area contributed by atoms with E-state index in [4.69, 9.17) is 9.47 Å². The molecular formula is C13H15NO3. The van der Waals surface area contributed by atoms with Crippen LogP contribution in [0.5, 0.6) is 0 Å². The van der Waals surface area contributed by atoms with Gasteiger partial charge in [-0.1, -0.05) is 6.07 Å². The molecule has 1 saturated heterocycles. The maximum absolute atomic E-state index is 11.6. The molecule has 0 saturated carbocycles. The maximum Gasteiger partial charge on any atom is 0.339 e. The van der Waals surface area contributed by atoms with Crippen molar-refractivity contribution in [1.82, 2.24) is 0 Å². The molecule has 0 spiro atoms. The lowest BCUT2D eigenvalue weighted by Crippen LogP contribution is -2.36. The molecule has 2 aliphatic heterocycles. The summed E-state index contributed by atoms with van der Waals surface area (Å²) in [4.78, 5) is 13.9. The van der Waals surface area contributed by atoms with Crippen molar-refractivity contribution >= 4 is 11.7 Å². The number of carbonyl (C=O) groups excluding carboxylic acids is 1. The highest BCUT2D eigenvalue weighted by Crippen LogP contribution is 2.32. The maximum atomic E-state index is 11.6. The molecule has 1 fully saturated rings. The molecule has 90 valence electrons. The summed E-state index contributed by atoms with van der Waals surface area (Å²) in [7, 11) is 0. The first-order chi connectivity index (χ1) is 8.25. The summed E-state index contributed by atoms with van der Waals surface area (Å²) >= 11 is 0. The van der Waals surface area contributed by atoms with E-state index in [0.717, 1.165) is 37.6 Å². The normalized spacial score (nSPS) is 23.5. The number of hydrogen-bond donors (Lipinski definition) is 0. The summed E-state index contributed by atoms with van der Waals surface area (Å²) < 4.78 is 10.5. The highest BCUT2D eigenvalue weighted by atomic mass is 16.5. The second-order valence-corrected chi connectivity index (χ2v) is 4.42. The summed E-state index contributed by atoms with van der Waals surface area (Å²) in [5, 5.41) is 0. The van der Waals surface area contributed by atoms with Crippen LogP contribution in [-0.2, 0) is 9.47 Å². The van der Waals surface area contributed by atoms with E-state index in [9.17, 15) is 4.79 Å². The predicted octanol–water partition coefficient (Wildman–Crippen LogP) is 1.75. The number of hydrogen-bond acceptors (Lipinski definition) is 4. The van der Waals surface area contributed by atoms with E-state index in [-0.39, 0.29) is 12.1 Å². The van der Waals surface area contributed by atoms with Gasteiger partial charge in [0.25, 0.3) is 0 Å². The highest BCUT2D eigenvalue weighted by Gasteiger charge is 2.28. The Morgan fingerprint density at radius 3 is 2.82 bits per heavy atom. The zero-order chi connectivity index (χ0) is 11.8. The Morgan fingerprint density at radius 1 is 1.29 bits per heavy atom. The molecule has 1 unspecified atom stereocenters. The van der Waals surface area contributed by atoms with Crippen molar-refractivity contribution in [1.29, 1.82) is 0 Å². The number of esters is 1. The third-order valence-corrected chi connectivity index (χ3v) is 3.35. The number of anilines is 1. The molecule has 4 heteroatoms. The average Bonchev–Trinajstić information content (AvgIpc) is 2.66. The van der Waals surface area contributed by atoms with Gasteiger partial charge in [0, 0.05) is 24.3 Å². The number of benzene rings is 1. The molecule has 0 radical (unpaired) electrons. The monoisotopic (exact) mass is 233 g/mol. The number of ether oxygens (including phenoxy) is 2. The van der Waals surface area contributed by atoms with Crippen LogP contribution in [0.2, 0.25) is 0 Å². The lowest BCUT2D eigenvalue weighted by atomic mass is 10.0. The summed E-state index contributed by atoms with van der Waals surface area (Å²) in [6.07, 6.45) is -0.115. The van der Waals surface area contributed by atoms with Crippen molar-refractivity contribution in [2.75, 3.05) is 31.2 Å². The molecule has 0 amide bonds. The average molecular weight is 233 g/mol. The van der Waals surface area contributed by atoms with E-state index in [1.54, 1.807) is 0 Å². The van der Waals surface area contributed by atoms with Crippen molar-refractivity contribution in [3.8, 4) is 0 Å². The summed E-state index contributed by atoms with van der Waals surface area (Å²) in [5.41, 5.74) is 2.78. The van der Waals surface area contributed by atoms with E-state index >= 15 is 0 Å². The molecule has 17 heavy (non-hydrogen) atoms. The molecule has 0 aromatic heterocycles. The van der Waals surface area contributed by atoms with Gasteiger partial charge in [-0.15, -0.1) is 0 Å². The van der Waals surface area contributed by atoms with Crippen LogP contribution in [0.3, 0.4) is 0 Å².